The number of carbonyl (C=O) groups is 2. The van der Waals surface area contributed by atoms with Crippen molar-refractivity contribution in [3.8, 4) is 0 Å². The normalized spacial score (nSPS) is 19.7. The number of amides is 1. The van der Waals surface area contributed by atoms with Gasteiger partial charge >= 0.3 is 5.97 Å². The third kappa shape index (κ3) is 2.36. The van der Waals surface area contributed by atoms with Gasteiger partial charge in [0.25, 0.3) is 5.56 Å². The molecule has 1 fully saturated rings. The van der Waals surface area contributed by atoms with Crippen molar-refractivity contribution in [2.24, 2.45) is 18.9 Å². The summed E-state index contributed by atoms with van der Waals surface area (Å²) < 4.78 is 6.13. The molecule has 0 radical (unpaired) electrons. The number of aryl methyl sites for hydroxylation is 1. The fourth-order valence-corrected chi connectivity index (χ4v) is 2.61. The van der Waals surface area contributed by atoms with Crippen molar-refractivity contribution in [2.45, 2.75) is 6.42 Å². The fourth-order valence-electron chi connectivity index (χ4n) is 2.61. The highest BCUT2D eigenvalue weighted by atomic mass is 16.5. The lowest BCUT2D eigenvalue weighted by molar-refractivity contribution is -0.143. The number of carbonyl (C=O) groups excluding carboxylic acids is 2. The number of hydrogen-bond acceptors (Lipinski definition) is 4. The molecule has 1 N–H and O–H groups in total. The molecular weight excluding hydrogens is 284 g/mol. The summed E-state index contributed by atoms with van der Waals surface area (Å²) in [7, 11) is 2.99. The summed E-state index contributed by atoms with van der Waals surface area (Å²) >= 11 is 0. The van der Waals surface area contributed by atoms with Gasteiger partial charge in [0, 0.05) is 29.7 Å². The minimum Gasteiger partial charge on any atom is -0.469 e. The third-order valence-corrected chi connectivity index (χ3v) is 4.01. The second kappa shape index (κ2) is 5.29. The molecule has 6 nitrogen and oxygen atoms in total. The molecule has 0 saturated heterocycles. The summed E-state index contributed by atoms with van der Waals surface area (Å²) in [6.45, 7) is 0. The van der Waals surface area contributed by atoms with Crippen molar-refractivity contribution in [3.05, 3.63) is 40.8 Å². The molecule has 1 heterocycles. The molecule has 0 spiro atoms. The van der Waals surface area contributed by atoms with Crippen molar-refractivity contribution in [2.75, 3.05) is 12.4 Å². The van der Waals surface area contributed by atoms with Crippen molar-refractivity contribution in [1.82, 2.24) is 4.57 Å². The lowest BCUT2D eigenvalue weighted by atomic mass is 10.1. The number of nitrogens with one attached hydrogen (secondary N) is 1. The molecule has 2 atom stereocenters. The molecule has 114 valence electrons. The van der Waals surface area contributed by atoms with E-state index < -0.39 is 0 Å². The molecule has 1 aromatic carbocycles. The first-order valence-corrected chi connectivity index (χ1v) is 7.00. The summed E-state index contributed by atoms with van der Waals surface area (Å²) in [4.78, 5) is 35.7. The van der Waals surface area contributed by atoms with E-state index in [2.05, 4.69) is 10.1 Å². The Morgan fingerprint density at radius 3 is 2.73 bits per heavy atom. The summed E-state index contributed by atoms with van der Waals surface area (Å²) in [6.07, 6.45) is 2.17. The summed E-state index contributed by atoms with van der Waals surface area (Å²) in [5.41, 5.74) is 0.461. The van der Waals surface area contributed by atoms with Crippen LogP contribution in [0.3, 0.4) is 0 Å². The maximum Gasteiger partial charge on any atom is 0.309 e. The van der Waals surface area contributed by atoms with Crippen LogP contribution in [0.4, 0.5) is 5.69 Å². The van der Waals surface area contributed by atoms with E-state index in [1.54, 1.807) is 37.5 Å². The van der Waals surface area contributed by atoms with E-state index in [0.29, 0.717) is 22.9 Å². The van der Waals surface area contributed by atoms with Crippen LogP contribution < -0.4 is 10.9 Å². The van der Waals surface area contributed by atoms with E-state index >= 15 is 0 Å². The average molecular weight is 300 g/mol. The topological polar surface area (TPSA) is 77.4 Å². The van der Waals surface area contributed by atoms with E-state index in [1.165, 1.54) is 11.7 Å². The first kappa shape index (κ1) is 14.3. The molecule has 22 heavy (non-hydrogen) atoms. The molecule has 0 bridgehead atoms. The molecule has 1 aliphatic carbocycles. The minimum atomic E-state index is -0.355. The Morgan fingerprint density at radius 1 is 1.23 bits per heavy atom. The van der Waals surface area contributed by atoms with Gasteiger partial charge < -0.3 is 14.6 Å². The van der Waals surface area contributed by atoms with E-state index in [4.69, 9.17) is 0 Å². The maximum atomic E-state index is 12.2. The molecule has 1 amide bonds. The molecule has 6 heteroatoms. The molecule has 0 unspecified atom stereocenters. The number of rotatable bonds is 3. The van der Waals surface area contributed by atoms with Crippen molar-refractivity contribution >= 4 is 28.3 Å². The fraction of sp³-hybridized carbons (Fsp3) is 0.312. The third-order valence-electron chi connectivity index (χ3n) is 4.01. The number of nitrogens with zero attached hydrogens (tertiary/aromatic N) is 1. The van der Waals surface area contributed by atoms with Crippen LogP contribution >= 0.6 is 0 Å². The number of aromatic nitrogens is 1. The zero-order valence-corrected chi connectivity index (χ0v) is 12.3. The summed E-state index contributed by atoms with van der Waals surface area (Å²) in [5, 5.41) is 4.04. The molecule has 2 aromatic rings. The van der Waals surface area contributed by atoms with Crippen LogP contribution in [0.15, 0.2) is 35.3 Å². The Bertz CT molecular complexity index is 824. The predicted octanol–water partition coefficient (Wildman–Crippen LogP) is 1.29. The highest BCUT2D eigenvalue weighted by Gasteiger charge is 2.49. The quantitative estimate of drug-likeness (QED) is 0.866. The van der Waals surface area contributed by atoms with Crippen LogP contribution in [0.1, 0.15) is 6.42 Å². The first-order valence-electron chi connectivity index (χ1n) is 7.00. The number of pyridine rings is 1. The van der Waals surface area contributed by atoms with Gasteiger partial charge in [0.15, 0.2) is 0 Å². The van der Waals surface area contributed by atoms with Gasteiger partial charge in [-0.1, -0.05) is 6.07 Å². The van der Waals surface area contributed by atoms with E-state index in [0.717, 1.165) is 0 Å². The number of fused-ring (bicyclic) bond motifs is 1. The highest BCUT2D eigenvalue weighted by molar-refractivity contribution is 6.04. The van der Waals surface area contributed by atoms with Crippen LogP contribution in [0.5, 0.6) is 0 Å². The standard InChI is InChI=1S/C16H16N2O4/c1-18-7-6-9-10(15(18)20)4-3-5-13(9)17-14(19)11-8-12(11)16(21)22-2/h3-7,11-12H,8H2,1-2H3,(H,17,19)/t11-,12-/m0/s1. The zero-order chi connectivity index (χ0) is 15.9. The lowest BCUT2D eigenvalue weighted by Gasteiger charge is -2.09. The Kier molecular flexibility index (Phi) is 3.44. The molecule has 1 aliphatic rings. The second-order valence-corrected chi connectivity index (χ2v) is 5.46. The minimum absolute atomic E-state index is 0.118. The number of benzene rings is 1. The van der Waals surface area contributed by atoms with E-state index in [9.17, 15) is 14.4 Å². The van der Waals surface area contributed by atoms with Crippen LogP contribution in [0, 0.1) is 11.8 Å². The average Bonchev–Trinajstić information content (AvgIpc) is 3.31. The monoisotopic (exact) mass is 300 g/mol. The van der Waals surface area contributed by atoms with Crippen molar-refractivity contribution < 1.29 is 14.3 Å². The molecule has 1 aromatic heterocycles. The number of esters is 1. The van der Waals surface area contributed by atoms with Crippen LogP contribution in [-0.2, 0) is 21.4 Å². The predicted molar refractivity (Wildman–Crippen MR) is 81.4 cm³/mol. The van der Waals surface area contributed by atoms with Gasteiger partial charge in [0.05, 0.1) is 18.9 Å². The van der Waals surface area contributed by atoms with Crippen molar-refractivity contribution in [1.29, 1.82) is 0 Å². The van der Waals surface area contributed by atoms with Gasteiger partial charge in [-0.3, -0.25) is 14.4 Å². The van der Waals surface area contributed by atoms with Gasteiger partial charge in [0.1, 0.15) is 0 Å². The maximum absolute atomic E-state index is 12.2. The van der Waals surface area contributed by atoms with Gasteiger partial charge in [-0.15, -0.1) is 0 Å². The Morgan fingerprint density at radius 2 is 2.00 bits per heavy atom. The smallest absolute Gasteiger partial charge is 0.309 e. The Hall–Kier alpha value is -2.63. The van der Waals surface area contributed by atoms with Crippen LogP contribution in [0.2, 0.25) is 0 Å². The van der Waals surface area contributed by atoms with Crippen LogP contribution in [0.25, 0.3) is 10.8 Å². The summed E-state index contributed by atoms with van der Waals surface area (Å²) in [6, 6.07) is 6.98. The van der Waals surface area contributed by atoms with Crippen LogP contribution in [-0.4, -0.2) is 23.6 Å². The SMILES string of the molecule is COC(=O)[C@H]1C[C@@H]1C(=O)Nc1cccc2c(=O)n(C)ccc12. The molecular formula is C16H16N2O4. The van der Waals surface area contributed by atoms with Gasteiger partial charge in [-0.25, -0.2) is 0 Å². The molecule has 0 aliphatic heterocycles. The lowest BCUT2D eigenvalue weighted by Crippen LogP contribution is -2.19. The highest BCUT2D eigenvalue weighted by Crippen LogP contribution is 2.40. The number of anilines is 1. The number of ether oxygens (including phenoxy) is 1. The Labute approximate surface area is 126 Å². The number of methoxy groups -OCH3 is 1. The van der Waals surface area contributed by atoms with Crippen molar-refractivity contribution in [3.63, 3.8) is 0 Å². The zero-order valence-electron chi connectivity index (χ0n) is 12.3. The van der Waals surface area contributed by atoms with E-state index in [1.807, 2.05) is 0 Å². The van der Waals surface area contributed by atoms with E-state index in [-0.39, 0.29) is 29.3 Å². The van der Waals surface area contributed by atoms with Gasteiger partial charge in [0.2, 0.25) is 5.91 Å². The number of hydrogen-bond donors (Lipinski definition) is 1. The largest absolute Gasteiger partial charge is 0.469 e. The Balaban J connectivity index is 1.86. The second-order valence-electron chi connectivity index (χ2n) is 5.46. The molecule has 1 saturated carbocycles. The summed E-state index contributed by atoms with van der Waals surface area (Å²) in [5.74, 6) is -1.28. The molecule has 3 rings (SSSR count). The van der Waals surface area contributed by atoms with Gasteiger partial charge in [-0.2, -0.15) is 0 Å². The first-order chi connectivity index (χ1) is 10.5. The van der Waals surface area contributed by atoms with Gasteiger partial charge in [-0.05, 0) is 24.6 Å².